The molecule has 0 radical (unpaired) electrons. The van der Waals surface area contributed by atoms with Crippen LogP contribution in [0.1, 0.15) is 123 Å². The number of hydrogen-bond donors (Lipinski definition) is 0. The molecule has 4 aliphatic carbocycles. The van der Waals surface area contributed by atoms with Gasteiger partial charge in [0.05, 0.1) is 5.66 Å². The smallest absolute Gasteiger partial charge is 0.0732 e. The van der Waals surface area contributed by atoms with Crippen molar-refractivity contribution in [3.63, 3.8) is 0 Å². The molecule has 0 aromatic rings. The van der Waals surface area contributed by atoms with Gasteiger partial charge >= 0.3 is 0 Å². The summed E-state index contributed by atoms with van der Waals surface area (Å²) >= 11 is 0. The van der Waals surface area contributed by atoms with E-state index in [2.05, 4.69) is 71.8 Å². The van der Waals surface area contributed by atoms with Crippen molar-refractivity contribution in [1.29, 1.82) is 0 Å². The van der Waals surface area contributed by atoms with E-state index in [4.69, 9.17) is 0 Å². The van der Waals surface area contributed by atoms with Gasteiger partial charge < -0.3 is 9.80 Å². The van der Waals surface area contributed by atoms with Crippen LogP contribution >= 0.6 is 7.26 Å². The fraction of sp³-hybridized carbons (Fsp3) is 1.00. The van der Waals surface area contributed by atoms with Crippen molar-refractivity contribution in [2.75, 3.05) is 48.2 Å². The van der Waals surface area contributed by atoms with Crippen molar-refractivity contribution in [2.24, 2.45) is 11.8 Å². The van der Waals surface area contributed by atoms with E-state index in [1.165, 1.54) is 109 Å². The van der Waals surface area contributed by atoms with Gasteiger partial charge in [-0.25, -0.2) is 0 Å². The topological polar surface area (TPSA) is 6.48 Å². The Labute approximate surface area is 250 Å². The van der Waals surface area contributed by atoms with Gasteiger partial charge in [-0.1, -0.05) is 77.0 Å². The van der Waals surface area contributed by atoms with Gasteiger partial charge in [-0.15, -0.1) is 0 Å². The molecule has 0 amide bonds. The summed E-state index contributed by atoms with van der Waals surface area (Å²) in [7, 11) is 8.17. The van der Waals surface area contributed by atoms with Gasteiger partial charge in [-0.05, 0) is 80.1 Å². The quantitative estimate of drug-likeness (QED) is 0.227. The fourth-order valence-electron chi connectivity index (χ4n) is 6.51. The molecule has 0 N–H and O–H groups in total. The molecule has 220 valence electrons. The molecule has 0 saturated heterocycles. The minimum atomic E-state index is -0.640. The summed E-state index contributed by atoms with van der Waals surface area (Å²) in [5.74, 6) is 1.94. The molecule has 0 aliphatic heterocycles. The molecule has 2 nitrogen and oxygen atoms in total. The molecule has 0 aromatic heterocycles. The molecule has 5 heteroatoms. The van der Waals surface area contributed by atoms with E-state index in [9.17, 15) is 0 Å². The third-order valence-electron chi connectivity index (χ3n) is 9.36. The van der Waals surface area contributed by atoms with Crippen molar-refractivity contribution in [1.82, 2.24) is 9.80 Å². The standard InChI is InChI=1S/C12H27NP.C9H19N.2C5H10.2Fe/c1-10(13(2)3)11-8-7-9-12(11)14(4,5)6;1-8(10(2)3)9-6-4-5-7-9;2*1-2-4-5-3-1;;/h10-12H,7-9H2,1-6H3;8-9H,4-7H2,1-3H3;2*1-5H2;;/q+1;;;;;/t10-,11?,12?;8-;;;;/m11..../s1. The maximum atomic E-state index is 2.51. The first-order valence-corrected chi connectivity index (χ1v) is 18.4. The number of rotatable bonds is 5. The minimum absolute atomic E-state index is 0. The van der Waals surface area contributed by atoms with Crippen LogP contribution in [-0.2, 0) is 34.1 Å². The zero-order valence-corrected chi connectivity index (χ0v) is 29.1. The van der Waals surface area contributed by atoms with Gasteiger partial charge in [0.15, 0.2) is 0 Å². The maximum absolute atomic E-state index is 2.51. The number of hydrogen-bond acceptors (Lipinski definition) is 2. The summed E-state index contributed by atoms with van der Waals surface area (Å²) in [5.41, 5.74) is 1.03. The summed E-state index contributed by atoms with van der Waals surface area (Å²) in [5, 5.41) is 0. The molecule has 4 atom stereocenters. The fourth-order valence-corrected chi connectivity index (χ4v) is 9.01. The molecular weight excluding hydrogens is 543 g/mol. The molecule has 4 rings (SSSR count). The van der Waals surface area contributed by atoms with Crippen LogP contribution < -0.4 is 0 Å². The maximum Gasteiger partial charge on any atom is 0.0732 e. The van der Waals surface area contributed by atoms with Crippen LogP contribution in [0.4, 0.5) is 0 Å². The second kappa shape index (κ2) is 22.1. The summed E-state index contributed by atoms with van der Waals surface area (Å²) in [4.78, 5) is 4.74. The van der Waals surface area contributed by atoms with Gasteiger partial charge in [0.1, 0.15) is 0 Å². The normalized spacial score (nSPS) is 25.4. The van der Waals surface area contributed by atoms with Crippen molar-refractivity contribution >= 4 is 7.26 Å². The SMILES string of the molecule is C1CCCC1.C1CCCC1.C[C@H](C1CCCC1)N(C)C.C[C@H](C1CCCC1[P+](C)(C)C)N(C)C.[Fe].[Fe]. The van der Waals surface area contributed by atoms with Crippen LogP contribution in [0.15, 0.2) is 0 Å². The van der Waals surface area contributed by atoms with Crippen LogP contribution in [0.2, 0.25) is 0 Å². The molecular formula is C31H66Fe2N2P+. The van der Waals surface area contributed by atoms with Crippen molar-refractivity contribution < 1.29 is 34.1 Å². The Morgan fingerprint density at radius 3 is 1.17 bits per heavy atom. The van der Waals surface area contributed by atoms with Crippen LogP contribution in [0, 0.1) is 11.8 Å². The van der Waals surface area contributed by atoms with E-state index in [0.717, 1.165) is 29.6 Å². The summed E-state index contributed by atoms with van der Waals surface area (Å²) in [6.45, 7) is 12.3. The van der Waals surface area contributed by atoms with Gasteiger partial charge in [0.25, 0.3) is 0 Å². The third-order valence-corrected chi connectivity index (χ3v) is 12.0. The second-order valence-corrected chi connectivity index (χ2v) is 18.2. The number of nitrogens with zero attached hydrogens (tertiary/aromatic N) is 2. The van der Waals surface area contributed by atoms with Gasteiger partial charge in [0.2, 0.25) is 0 Å². The largest absolute Gasteiger partial charge is 0.306 e. The molecule has 4 saturated carbocycles. The first kappa shape index (κ1) is 39.5. The summed E-state index contributed by atoms with van der Waals surface area (Å²) < 4.78 is 0. The first-order chi connectivity index (χ1) is 16.1. The Bertz CT molecular complexity index is 456. The van der Waals surface area contributed by atoms with E-state index in [-0.39, 0.29) is 34.1 Å². The Morgan fingerprint density at radius 2 is 0.861 bits per heavy atom. The van der Waals surface area contributed by atoms with Crippen molar-refractivity contribution in [2.45, 2.75) is 141 Å². The van der Waals surface area contributed by atoms with Crippen LogP contribution in [0.25, 0.3) is 0 Å². The van der Waals surface area contributed by atoms with Gasteiger partial charge in [-0.3, -0.25) is 0 Å². The molecule has 0 bridgehead atoms. The third kappa shape index (κ3) is 16.5. The van der Waals surface area contributed by atoms with Crippen LogP contribution in [0.3, 0.4) is 0 Å². The molecule has 2 unspecified atom stereocenters. The van der Waals surface area contributed by atoms with Crippen molar-refractivity contribution in [3.05, 3.63) is 0 Å². The molecule has 36 heavy (non-hydrogen) atoms. The van der Waals surface area contributed by atoms with E-state index >= 15 is 0 Å². The first-order valence-electron chi connectivity index (χ1n) is 15.2. The zero-order valence-electron chi connectivity index (χ0n) is 26.0. The molecule has 0 heterocycles. The molecule has 4 aliphatic rings. The summed E-state index contributed by atoms with van der Waals surface area (Å²) in [6, 6.07) is 1.56. The zero-order chi connectivity index (χ0) is 25.6. The summed E-state index contributed by atoms with van der Waals surface area (Å²) in [6.07, 6.45) is 25.2. The molecule has 0 aromatic carbocycles. The monoisotopic (exact) mass is 609 g/mol. The molecule has 0 spiro atoms. The Morgan fingerprint density at radius 1 is 0.500 bits per heavy atom. The van der Waals surface area contributed by atoms with E-state index in [1.807, 2.05) is 0 Å². The average molecular weight is 610 g/mol. The Balaban J connectivity index is 0. The van der Waals surface area contributed by atoms with E-state index in [1.54, 1.807) is 0 Å². The predicted octanol–water partition coefficient (Wildman–Crippen LogP) is 9.03. The van der Waals surface area contributed by atoms with Crippen LogP contribution in [-0.4, -0.2) is 75.7 Å². The van der Waals surface area contributed by atoms with Gasteiger partial charge in [0, 0.05) is 79.4 Å². The van der Waals surface area contributed by atoms with E-state index in [0.29, 0.717) is 0 Å². The van der Waals surface area contributed by atoms with Crippen LogP contribution in [0.5, 0.6) is 0 Å². The predicted molar refractivity (Wildman–Crippen MR) is 160 cm³/mol. The minimum Gasteiger partial charge on any atom is -0.306 e. The molecule has 4 fully saturated rings. The Kier molecular flexibility index (Phi) is 24.3. The average Bonchev–Trinajstić information content (AvgIpc) is 3.63. The van der Waals surface area contributed by atoms with Crippen molar-refractivity contribution in [3.8, 4) is 0 Å². The van der Waals surface area contributed by atoms with E-state index < -0.39 is 7.26 Å². The Hall–Kier alpha value is 1.39. The second-order valence-electron chi connectivity index (χ2n) is 13.3. The van der Waals surface area contributed by atoms with Gasteiger partial charge in [-0.2, -0.15) is 0 Å².